The quantitative estimate of drug-likeness (QED) is 0.647. The van der Waals surface area contributed by atoms with Gasteiger partial charge in [0.1, 0.15) is 19.0 Å². The van der Waals surface area contributed by atoms with Gasteiger partial charge in [-0.2, -0.15) is 26.3 Å². The van der Waals surface area contributed by atoms with Gasteiger partial charge in [-0.25, -0.2) is 0 Å². The Morgan fingerprint density at radius 2 is 1.47 bits per heavy atom. The molecule has 1 aliphatic rings. The van der Waals surface area contributed by atoms with Crippen LogP contribution in [0.5, 0.6) is 17.2 Å². The van der Waals surface area contributed by atoms with Crippen LogP contribution < -0.4 is 19.5 Å². The molecule has 0 atom stereocenters. The molecule has 0 spiro atoms. The van der Waals surface area contributed by atoms with E-state index in [-0.39, 0.29) is 23.4 Å². The molecule has 5 nitrogen and oxygen atoms in total. The molecule has 1 N–H and O–H groups in total. The number of fused-ring (bicyclic) bond motifs is 1. The summed E-state index contributed by atoms with van der Waals surface area (Å²) in [7, 11) is 0. The Morgan fingerprint density at radius 3 is 2.00 bits per heavy atom. The lowest BCUT2D eigenvalue weighted by Gasteiger charge is -2.20. The van der Waals surface area contributed by atoms with E-state index < -0.39 is 41.7 Å². The molecule has 0 bridgehead atoms. The number of halogens is 7. The number of benzene rings is 2. The first-order valence-corrected chi connectivity index (χ1v) is 8.62. The zero-order valence-electron chi connectivity index (χ0n) is 14.8. The fourth-order valence-corrected chi connectivity index (χ4v) is 2.71. The molecule has 2 aromatic rings. The Morgan fingerprint density at radius 1 is 0.933 bits per heavy atom. The van der Waals surface area contributed by atoms with Crippen LogP contribution in [0.2, 0.25) is 5.02 Å². The molecule has 1 amide bonds. The van der Waals surface area contributed by atoms with Crippen LogP contribution in [0.4, 0.5) is 32.0 Å². The first-order valence-electron chi connectivity index (χ1n) is 8.25. The monoisotopic (exact) mass is 455 g/mol. The SMILES string of the molecule is O=C(COc1cc(C(F)(F)F)cc(C(F)(F)F)c1)Nc1cc2c(cc1Cl)OCCO2. The highest BCUT2D eigenvalue weighted by atomic mass is 35.5. The summed E-state index contributed by atoms with van der Waals surface area (Å²) in [5.41, 5.74) is -3.00. The molecule has 0 fully saturated rings. The lowest BCUT2D eigenvalue weighted by molar-refractivity contribution is -0.143. The number of anilines is 1. The van der Waals surface area contributed by atoms with Gasteiger partial charge in [0.2, 0.25) is 0 Å². The summed E-state index contributed by atoms with van der Waals surface area (Å²) in [4.78, 5) is 12.1. The Balaban J connectivity index is 1.73. The van der Waals surface area contributed by atoms with Gasteiger partial charge in [-0.15, -0.1) is 0 Å². The van der Waals surface area contributed by atoms with Gasteiger partial charge in [0.15, 0.2) is 18.1 Å². The van der Waals surface area contributed by atoms with Crippen molar-refractivity contribution in [3.05, 3.63) is 46.5 Å². The molecular formula is C18H12ClF6NO4. The normalized spacial score (nSPS) is 13.7. The van der Waals surface area contributed by atoms with E-state index in [9.17, 15) is 31.1 Å². The van der Waals surface area contributed by atoms with Crippen molar-refractivity contribution in [3.8, 4) is 17.2 Å². The fraction of sp³-hybridized carbons (Fsp3) is 0.278. The van der Waals surface area contributed by atoms with Gasteiger partial charge in [-0.1, -0.05) is 11.6 Å². The molecule has 0 aliphatic carbocycles. The van der Waals surface area contributed by atoms with E-state index in [0.29, 0.717) is 30.2 Å². The Labute approximate surface area is 170 Å². The van der Waals surface area contributed by atoms with E-state index in [1.807, 2.05) is 0 Å². The molecular weight excluding hydrogens is 444 g/mol. The zero-order valence-corrected chi connectivity index (χ0v) is 15.5. The summed E-state index contributed by atoms with van der Waals surface area (Å²) in [6.07, 6.45) is -10.1. The Hall–Kier alpha value is -2.82. The van der Waals surface area contributed by atoms with Crippen molar-refractivity contribution in [2.24, 2.45) is 0 Å². The zero-order chi connectivity index (χ0) is 22.1. The number of amides is 1. The van der Waals surface area contributed by atoms with Crippen molar-refractivity contribution in [1.82, 2.24) is 0 Å². The molecule has 1 heterocycles. The summed E-state index contributed by atoms with van der Waals surface area (Å²) in [6, 6.07) is 3.48. The lowest BCUT2D eigenvalue weighted by Crippen LogP contribution is -2.21. The standard InChI is InChI=1S/C18H12ClF6NO4/c19-12-6-14-15(29-2-1-28-14)7-13(12)26-16(27)8-30-11-4-9(17(20,21)22)3-10(5-11)18(23,24)25/h3-7H,1-2,8H2,(H,26,27). The van der Waals surface area contributed by atoms with Crippen molar-refractivity contribution < 1.29 is 45.3 Å². The molecule has 0 radical (unpaired) electrons. The first kappa shape index (κ1) is 21.9. The maximum absolute atomic E-state index is 12.9. The minimum Gasteiger partial charge on any atom is -0.486 e. The molecule has 2 aromatic carbocycles. The number of alkyl halides is 6. The van der Waals surface area contributed by atoms with Crippen LogP contribution >= 0.6 is 11.6 Å². The maximum Gasteiger partial charge on any atom is 0.416 e. The van der Waals surface area contributed by atoms with E-state index in [4.69, 9.17) is 25.8 Å². The van der Waals surface area contributed by atoms with Crippen LogP contribution in [0.15, 0.2) is 30.3 Å². The van der Waals surface area contributed by atoms with E-state index in [0.717, 1.165) is 0 Å². The smallest absolute Gasteiger partial charge is 0.416 e. The molecule has 12 heteroatoms. The van der Waals surface area contributed by atoms with Gasteiger partial charge in [-0.3, -0.25) is 4.79 Å². The van der Waals surface area contributed by atoms with E-state index in [1.165, 1.54) is 12.1 Å². The van der Waals surface area contributed by atoms with Crippen molar-refractivity contribution in [3.63, 3.8) is 0 Å². The fourth-order valence-electron chi connectivity index (χ4n) is 2.50. The van der Waals surface area contributed by atoms with Gasteiger partial charge in [-0.05, 0) is 18.2 Å². The largest absolute Gasteiger partial charge is 0.486 e. The maximum atomic E-state index is 12.9. The topological polar surface area (TPSA) is 56.8 Å². The number of nitrogens with one attached hydrogen (secondary N) is 1. The van der Waals surface area contributed by atoms with Gasteiger partial charge < -0.3 is 19.5 Å². The van der Waals surface area contributed by atoms with Crippen LogP contribution in [-0.4, -0.2) is 25.7 Å². The van der Waals surface area contributed by atoms with Gasteiger partial charge in [0.25, 0.3) is 5.91 Å². The predicted molar refractivity (Wildman–Crippen MR) is 93.0 cm³/mol. The third-order valence-corrected chi connectivity index (χ3v) is 4.15. The van der Waals surface area contributed by atoms with Crippen LogP contribution in [0.1, 0.15) is 11.1 Å². The van der Waals surface area contributed by atoms with Gasteiger partial charge in [0, 0.05) is 12.1 Å². The van der Waals surface area contributed by atoms with Crippen LogP contribution in [-0.2, 0) is 17.1 Å². The summed E-state index contributed by atoms with van der Waals surface area (Å²) in [6.45, 7) is -0.259. The molecule has 162 valence electrons. The number of carbonyl (C=O) groups excluding carboxylic acids is 1. The highest BCUT2D eigenvalue weighted by Gasteiger charge is 2.37. The van der Waals surface area contributed by atoms with Gasteiger partial charge in [0.05, 0.1) is 21.8 Å². The number of hydrogen-bond donors (Lipinski definition) is 1. The van der Waals surface area contributed by atoms with Crippen LogP contribution in [0, 0.1) is 0 Å². The summed E-state index contributed by atoms with van der Waals surface area (Å²) in [5, 5.41) is 2.43. The average molecular weight is 456 g/mol. The Bertz CT molecular complexity index is 929. The summed E-state index contributed by atoms with van der Waals surface area (Å²) >= 11 is 6.02. The third-order valence-electron chi connectivity index (χ3n) is 3.84. The van der Waals surface area contributed by atoms with E-state index in [1.54, 1.807) is 0 Å². The van der Waals surface area contributed by atoms with Crippen molar-refractivity contribution in [2.75, 3.05) is 25.1 Å². The number of hydrogen-bond acceptors (Lipinski definition) is 4. The molecule has 30 heavy (non-hydrogen) atoms. The second-order valence-corrected chi connectivity index (χ2v) is 6.46. The Kier molecular flexibility index (Phi) is 5.93. The summed E-state index contributed by atoms with van der Waals surface area (Å²) < 4.78 is 92.7. The van der Waals surface area contributed by atoms with E-state index in [2.05, 4.69) is 5.32 Å². The van der Waals surface area contributed by atoms with Crippen molar-refractivity contribution >= 4 is 23.2 Å². The molecule has 0 unspecified atom stereocenters. The second-order valence-electron chi connectivity index (χ2n) is 6.05. The molecule has 0 saturated heterocycles. The predicted octanol–water partition coefficient (Wildman–Crippen LogP) is 5.17. The third kappa shape index (κ3) is 5.21. The summed E-state index contributed by atoms with van der Waals surface area (Å²) in [5.74, 6) is -0.946. The lowest BCUT2D eigenvalue weighted by atomic mass is 10.1. The highest BCUT2D eigenvalue weighted by Crippen LogP contribution is 2.39. The average Bonchev–Trinajstić information content (AvgIpc) is 2.65. The minimum atomic E-state index is -5.03. The van der Waals surface area contributed by atoms with Gasteiger partial charge >= 0.3 is 12.4 Å². The number of rotatable bonds is 4. The number of carbonyl (C=O) groups is 1. The van der Waals surface area contributed by atoms with Crippen LogP contribution in [0.25, 0.3) is 0 Å². The van der Waals surface area contributed by atoms with Crippen molar-refractivity contribution in [1.29, 1.82) is 0 Å². The number of ether oxygens (including phenoxy) is 3. The molecule has 1 aliphatic heterocycles. The first-order chi connectivity index (χ1) is 13.9. The highest BCUT2D eigenvalue weighted by molar-refractivity contribution is 6.34. The molecule has 3 rings (SSSR count). The molecule has 0 saturated carbocycles. The second kappa shape index (κ2) is 8.13. The minimum absolute atomic E-state index is 0.0398. The van der Waals surface area contributed by atoms with E-state index >= 15 is 0 Å². The van der Waals surface area contributed by atoms with Crippen LogP contribution in [0.3, 0.4) is 0 Å². The van der Waals surface area contributed by atoms with Crippen molar-refractivity contribution in [2.45, 2.75) is 12.4 Å². The molecule has 0 aromatic heterocycles.